The third-order valence-corrected chi connectivity index (χ3v) is 5.39. The maximum Gasteiger partial charge on any atom is 0.311 e. The summed E-state index contributed by atoms with van der Waals surface area (Å²) >= 11 is 6.13. The molecule has 0 radical (unpaired) electrons. The Morgan fingerprint density at radius 1 is 1.21 bits per heavy atom. The maximum absolute atomic E-state index is 12.4. The zero-order chi connectivity index (χ0) is 21.0. The molecule has 0 aliphatic carbocycles. The monoisotopic (exact) mass is 414 g/mol. The second-order valence-electron chi connectivity index (χ2n) is 7.00. The molecule has 1 aliphatic rings. The zero-order valence-electron chi connectivity index (χ0n) is 16.4. The van der Waals surface area contributed by atoms with Gasteiger partial charge in [0.15, 0.2) is 6.61 Å². The summed E-state index contributed by atoms with van der Waals surface area (Å²) in [5.41, 5.74) is 3.28. The molecule has 1 atom stereocenters. The van der Waals surface area contributed by atoms with Gasteiger partial charge in [0.25, 0.3) is 5.91 Å². The van der Waals surface area contributed by atoms with Gasteiger partial charge in [-0.25, -0.2) is 0 Å². The first kappa shape index (κ1) is 20.9. The number of benzene rings is 2. The van der Waals surface area contributed by atoms with E-state index in [2.05, 4.69) is 12.2 Å². The fourth-order valence-electron chi connectivity index (χ4n) is 3.26. The Kier molecular flexibility index (Phi) is 6.54. The van der Waals surface area contributed by atoms with Crippen molar-refractivity contribution in [1.82, 2.24) is 0 Å². The summed E-state index contributed by atoms with van der Waals surface area (Å²) in [6, 6.07) is 12.8. The Balaban J connectivity index is 1.53. The molecule has 1 saturated heterocycles. The Labute approximate surface area is 174 Å². The first-order valence-electron chi connectivity index (χ1n) is 9.50. The van der Waals surface area contributed by atoms with Gasteiger partial charge in [0, 0.05) is 29.4 Å². The van der Waals surface area contributed by atoms with E-state index in [9.17, 15) is 14.4 Å². The third kappa shape index (κ3) is 4.95. The Morgan fingerprint density at radius 3 is 2.62 bits per heavy atom. The van der Waals surface area contributed by atoms with Crippen LogP contribution in [-0.4, -0.2) is 30.9 Å². The molecule has 3 rings (SSSR count). The topological polar surface area (TPSA) is 75.7 Å². The van der Waals surface area contributed by atoms with Crippen LogP contribution in [-0.2, 0) is 25.5 Å². The summed E-state index contributed by atoms with van der Waals surface area (Å²) < 4.78 is 5.14. The molecule has 0 unspecified atom stereocenters. The predicted octanol–water partition coefficient (Wildman–Crippen LogP) is 3.75. The van der Waals surface area contributed by atoms with E-state index in [4.69, 9.17) is 16.3 Å². The van der Waals surface area contributed by atoms with Crippen LogP contribution in [0.15, 0.2) is 42.5 Å². The minimum Gasteiger partial charge on any atom is -0.455 e. The number of ether oxygens (including phenoxy) is 1. The van der Waals surface area contributed by atoms with Gasteiger partial charge in [-0.15, -0.1) is 0 Å². The largest absolute Gasteiger partial charge is 0.455 e. The number of halogens is 1. The van der Waals surface area contributed by atoms with Gasteiger partial charge in [0.2, 0.25) is 5.91 Å². The molecule has 152 valence electrons. The van der Waals surface area contributed by atoms with Crippen LogP contribution in [0.3, 0.4) is 0 Å². The van der Waals surface area contributed by atoms with Crippen molar-refractivity contribution in [3.8, 4) is 0 Å². The summed E-state index contributed by atoms with van der Waals surface area (Å²) in [4.78, 5) is 38.3. The number of aryl methyl sites for hydroxylation is 1. The summed E-state index contributed by atoms with van der Waals surface area (Å²) in [5, 5.41) is 3.25. The molecule has 1 fully saturated rings. The second-order valence-corrected chi connectivity index (χ2v) is 7.40. The first-order valence-corrected chi connectivity index (χ1v) is 9.87. The van der Waals surface area contributed by atoms with E-state index in [1.165, 1.54) is 5.56 Å². The zero-order valence-corrected chi connectivity index (χ0v) is 17.2. The minimum absolute atomic E-state index is 0.0465. The number of esters is 1. The number of nitrogens with one attached hydrogen (secondary N) is 1. The minimum atomic E-state index is -0.613. The van der Waals surface area contributed by atoms with E-state index in [0.29, 0.717) is 16.4 Å². The lowest BCUT2D eigenvalue weighted by Gasteiger charge is -2.19. The van der Waals surface area contributed by atoms with E-state index < -0.39 is 24.4 Å². The summed E-state index contributed by atoms with van der Waals surface area (Å²) in [6.07, 6.45) is 0.961. The molecular formula is C22H23ClN2O4. The quantitative estimate of drug-likeness (QED) is 0.730. The molecule has 2 aromatic rings. The third-order valence-electron chi connectivity index (χ3n) is 4.98. The van der Waals surface area contributed by atoms with Crippen molar-refractivity contribution in [3.63, 3.8) is 0 Å². The molecule has 2 amide bonds. The molecule has 0 bridgehead atoms. The van der Waals surface area contributed by atoms with Crippen molar-refractivity contribution in [1.29, 1.82) is 0 Å². The van der Waals surface area contributed by atoms with E-state index in [1.54, 1.807) is 35.2 Å². The number of rotatable bonds is 6. The van der Waals surface area contributed by atoms with Gasteiger partial charge in [-0.3, -0.25) is 14.4 Å². The van der Waals surface area contributed by atoms with E-state index in [0.717, 1.165) is 12.0 Å². The van der Waals surface area contributed by atoms with Gasteiger partial charge in [0.05, 0.1) is 5.92 Å². The van der Waals surface area contributed by atoms with Crippen molar-refractivity contribution in [3.05, 3.63) is 58.6 Å². The van der Waals surface area contributed by atoms with Gasteiger partial charge in [-0.1, -0.05) is 36.7 Å². The van der Waals surface area contributed by atoms with Crippen LogP contribution in [0.2, 0.25) is 5.02 Å². The van der Waals surface area contributed by atoms with Gasteiger partial charge in [0.1, 0.15) is 0 Å². The smallest absolute Gasteiger partial charge is 0.311 e. The van der Waals surface area contributed by atoms with Crippen molar-refractivity contribution in [2.24, 2.45) is 5.92 Å². The second kappa shape index (κ2) is 9.09. The summed E-state index contributed by atoms with van der Waals surface area (Å²) in [6.45, 7) is 3.69. The van der Waals surface area contributed by atoms with Crippen LogP contribution < -0.4 is 10.2 Å². The SMILES string of the molecule is CCc1ccc(NC(=O)COC(=O)[C@@H]2CC(=O)N(c3cccc(Cl)c3C)C2)cc1. The number of anilines is 2. The van der Waals surface area contributed by atoms with Gasteiger partial charge in [-0.05, 0) is 48.7 Å². The molecule has 6 nitrogen and oxygen atoms in total. The Morgan fingerprint density at radius 2 is 1.93 bits per heavy atom. The number of hydrogen-bond donors (Lipinski definition) is 1. The van der Waals surface area contributed by atoms with Crippen LogP contribution in [0, 0.1) is 12.8 Å². The number of carbonyl (C=O) groups is 3. The van der Waals surface area contributed by atoms with Crippen molar-refractivity contribution >= 4 is 40.8 Å². The highest BCUT2D eigenvalue weighted by atomic mass is 35.5. The van der Waals surface area contributed by atoms with Crippen LogP contribution in [0.25, 0.3) is 0 Å². The number of amides is 2. The molecule has 29 heavy (non-hydrogen) atoms. The molecule has 7 heteroatoms. The number of hydrogen-bond acceptors (Lipinski definition) is 4. The Bertz CT molecular complexity index is 927. The molecule has 2 aromatic carbocycles. The highest BCUT2D eigenvalue weighted by Gasteiger charge is 2.37. The molecule has 0 spiro atoms. The molecule has 1 N–H and O–H groups in total. The van der Waals surface area contributed by atoms with Crippen molar-refractivity contribution in [2.75, 3.05) is 23.4 Å². The fraction of sp³-hybridized carbons (Fsp3) is 0.318. The van der Waals surface area contributed by atoms with E-state index in [1.807, 2.05) is 19.1 Å². The molecule has 0 aromatic heterocycles. The standard InChI is InChI=1S/C22H23ClN2O4/c1-3-15-7-9-17(10-8-15)24-20(26)13-29-22(28)16-11-21(27)25(12-16)19-6-4-5-18(23)14(19)2/h4-10,16H,3,11-13H2,1-2H3,(H,24,26)/t16-/m1/s1. The lowest BCUT2D eigenvalue weighted by Crippen LogP contribution is -2.28. The van der Waals surface area contributed by atoms with Crippen LogP contribution in [0.1, 0.15) is 24.5 Å². The number of nitrogens with zero attached hydrogens (tertiary/aromatic N) is 1. The van der Waals surface area contributed by atoms with Crippen LogP contribution >= 0.6 is 11.6 Å². The molecule has 1 heterocycles. The van der Waals surface area contributed by atoms with Crippen LogP contribution in [0.4, 0.5) is 11.4 Å². The summed E-state index contributed by atoms with van der Waals surface area (Å²) in [7, 11) is 0. The molecule has 0 saturated carbocycles. The number of carbonyl (C=O) groups excluding carboxylic acids is 3. The molecule has 1 aliphatic heterocycles. The highest BCUT2D eigenvalue weighted by molar-refractivity contribution is 6.31. The predicted molar refractivity (Wildman–Crippen MR) is 112 cm³/mol. The lowest BCUT2D eigenvalue weighted by atomic mass is 10.1. The van der Waals surface area contributed by atoms with E-state index in [-0.39, 0.29) is 18.9 Å². The maximum atomic E-state index is 12.4. The van der Waals surface area contributed by atoms with Gasteiger partial charge < -0.3 is 15.0 Å². The van der Waals surface area contributed by atoms with Gasteiger partial charge in [-0.2, -0.15) is 0 Å². The lowest BCUT2D eigenvalue weighted by molar-refractivity contribution is -0.151. The average molecular weight is 415 g/mol. The average Bonchev–Trinajstić information content (AvgIpc) is 3.10. The summed E-state index contributed by atoms with van der Waals surface area (Å²) in [5.74, 6) is -1.76. The van der Waals surface area contributed by atoms with Crippen molar-refractivity contribution in [2.45, 2.75) is 26.7 Å². The fourth-order valence-corrected chi connectivity index (χ4v) is 3.43. The highest BCUT2D eigenvalue weighted by Crippen LogP contribution is 2.31. The van der Waals surface area contributed by atoms with Gasteiger partial charge >= 0.3 is 5.97 Å². The normalized spacial score (nSPS) is 16.0. The van der Waals surface area contributed by atoms with Crippen molar-refractivity contribution < 1.29 is 19.1 Å². The first-order chi connectivity index (χ1) is 13.9. The Hall–Kier alpha value is -2.86. The van der Waals surface area contributed by atoms with Crippen LogP contribution in [0.5, 0.6) is 0 Å². The van der Waals surface area contributed by atoms with E-state index >= 15 is 0 Å². The molecular weight excluding hydrogens is 392 g/mol.